The van der Waals surface area contributed by atoms with Crippen LogP contribution in [0.5, 0.6) is 11.6 Å². The highest BCUT2D eigenvalue weighted by Gasteiger charge is 2.19. The van der Waals surface area contributed by atoms with E-state index in [1.54, 1.807) is 18.6 Å². The van der Waals surface area contributed by atoms with Gasteiger partial charge in [-0.25, -0.2) is 9.97 Å². The molecule has 5 rings (SSSR count). The summed E-state index contributed by atoms with van der Waals surface area (Å²) in [6.45, 7) is 2.95. The van der Waals surface area contributed by atoms with Crippen LogP contribution >= 0.6 is 0 Å². The topological polar surface area (TPSA) is 56.1 Å². The van der Waals surface area contributed by atoms with Crippen LogP contribution in [-0.2, 0) is 13.0 Å². The first-order chi connectivity index (χ1) is 12.4. The van der Waals surface area contributed by atoms with Crippen LogP contribution in [0.1, 0.15) is 5.82 Å². The maximum absolute atomic E-state index is 5.77. The SMILES string of the molecule is C1=CC(N2CCc3nc4cc(Oc5cnccn5)ccc4n3CC2)=C1. The van der Waals surface area contributed by atoms with Gasteiger partial charge in [0.05, 0.1) is 17.2 Å². The molecule has 3 heterocycles. The molecule has 3 aromatic rings. The summed E-state index contributed by atoms with van der Waals surface area (Å²) in [6, 6.07) is 6.02. The van der Waals surface area contributed by atoms with Gasteiger partial charge in [-0.05, 0) is 24.3 Å². The molecular weight excluding hydrogens is 314 g/mol. The van der Waals surface area contributed by atoms with Crippen molar-refractivity contribution in [2.45, 2.75) is 13.0 Å². The highest BCUT2D eigenvalue weighted by atomic mass is 16.5. The van der Waals surface area contributed by atoms with E-state index >= 15 is 0 Å². The van der Waals surface area contributed by atoms with E-state index in [2.05, 4.69) is 43.7 Å². The first-order valence-corrected chi connectivity index (χ1v) is 8.43. The van der Waals surface area contributed by atoms with E-state index < -0.39 is 0 Å². The molecule has 25 heavy (non-hydrogen) atoms. The minimum Gasteiger partial charge on any atom is -0.437 e. The molecule has 1 aliphatic heterocycles. The van der Waals surface area contributed by atoms with Gasteiger partial charge in [-0.1, -0.05) is 6.08 Å². The van der Waals surface area contributed by atoms with Crippen molar-refractivity contribution in [1.82, 2.24) is 24.4 Å². The van der Waals surface area contributed by atoms with Crippen molar-refractivity contribution in [3.05, 3.63) is 66.5 Å². The second kappa shape index (κ2) is 5.73. The lowest BCUT2D eigenvalue weighted by molar-refractivity contribution is 0.359. The highest BCUT2D eigenvalue weighted by molar-refractivity contribution is 5.78. The Hall–Kier alpha value is -3.15. The van der Waals surface area contributed by atoms with E-state index in [1.165, 1.54) is 5.70 Å². The van der Waals surface area contributed by atoms with E-state index in [0.717, 1.165) is 48.7 Å². The molecule has 1 aromatic carbocycles. The smallest absolute Gasteiger partial charge is 0.237 e. The monoisotopic (exact) mass is 331 g/mol. The molecule has 0 radical (unpaired) electrons. The first-order valence-electron chi connectivity index (χ1n) is 8.43. The quantitative estimate of drug-likeness (QED) is 0.738. The van der Waals surface area contributed by atoms with Crippen molar-refractivity contribution >= 4 is 11.0 Å². The maximum Gasteiger partial charge on any atom is 0.237 e. The van der Waals surface area contributed by atoms with Crippen LogP contribution in [0, 0.1) is 0 Å². The summed E-state index contributed by atoms with van der Waals surface area (Å²) in [6.07, 6.45) is 12.2. The summed E-state index contributed by atoms with van der Waals surface area (Å²) in [5, 5.41) is 0. The van der Waals surface area contributed by atoms with Gasteiger partial charge >= 0.3 is 0 Å². The van der Waals surface area contributed by atoms with E-state index in [-0.39, 0.29) is 0 Å². The van der Waals surface area contributed by atoms with Gasteiger partial charge in [-0.3, -0.25) is 4.98 Å². The number of imidazole rings is 1. The number of fused-ring (bicyclic) bond motifs is 3. The molecule has 6 nitrogen and oxygen atoms in total. The van der Waals surface area contributed by atoms with E-state index in [0.29, 0.717) is 5.88 Å². The molecule has 124 valence electrons. The average molecular weight is 331 g/mol. The number of allylic oxidation sites excluding steroid dienone is 3. The third kappa shape index (κ3) is 2.55. The van der Waals surface area contributed by atoms with Crippen LogP contribution in [0.25, 0.3) is 11.0 Å². The fourth-order valence-electron chi connectivity index (χ4n) is 3.34. The third-order valence-electron chi connectivity index (χ3n) is 4.66. The molecular formula is C19H17N5O. The number of nitrogens with zero attached hydrogens (tertiary/aromatic N) is 5. The number of hydrogen-bond donors (Lipinski definition) is 0. The Labute approximate surface area is 145 Å². The molecule has 0 spiro atoms. The fraction of sp³-hybridized carbons (Fsp3) is 0.211. The minimum atomic E-state index is 0.486. The van der Waals surface area contributed by atoms with Gasteiger partial charge in [0.2, 0.25) is 5.88 Å². The molecule has 2 aliphatic rings. The van der Waals surface area contributed by atoms with Gasteiger partial charge in [0.15, 0.2) is 0 Å². The Bertz CT molecular complexity index is 990. The lowest BCUT2D eigenvalue weighted by Crippen LogP contribution is -2.26. The van der Waals surface area contributed by atoms with Crippen LogP contribution < -0.4 is 4.74 Å². The van der Waals surface area contributed by atoms with Crippen LogP contribution in [0.15, 0.2) is 60.7 Å². The van der Waals surface area contributed by atoms with Crippen LogP contribution in [-0.4, -0.2) is 37.5 Å². The van der Waals surface area contributed by atoms with Gasteiger partial charge in [-0.2, -0.15) is 0 Å². The van der Waals surface area contributed by atoms with Gasteiger partial charge in [0.25, 0.3) is 0 Å². The predicted molar refractivity (Wildman–Crippen MR) is 94.3 cm³/mol. The zero-order valence-electron chi connectivity index (χ0n) is 13.7. The first kappa shape index (κ1) is 14.2. The van der Waals surface area contributed by atoms with Crippen molar-refractivity contribution in [3.63, 3.8) is 0 Å². The predicted octanol–water partition coefficient (Wildman–Crippen LogP) is 2.93. The van der Waals surface area contributed by atoms with Crippen LogP contribution in [0.3, 0.4) is 0 Å². The molecule has 0 unspecified atom stereocenters. The standard InChI is InChI=1S/C19H17N5O/c1-2-14(3-1)23-9-6-18-22-16-12-15(25-19-13-20-7-8-21-19)4-5-17(16)24(18)11-10-23/h1-5,7-8,12-13H,6,9-11H2. The fourth-order valence-corrected chi connectivity index (χ4v) is 3.34. The summed E-state index contributed by atoms with van der Waals surface area (Å²) in [5.74, 6) is 2.35. The molecule has 1 aliphatic carbocycles. The minimum absolute atomic E-state index is 0.486. The largest absolute Gasteiger partial charge is 0.437 e. The normalized spacial score (nSPS) is 16.2. The summed E-state index contributed by atoms with van der Waals surface area (Å²) < 4.78 is 8.09. The van der Waals surface area contributed by atoms with E-state index in [4.69, 9.17) is 9.72 Å². The molecule has 0 atom stereocenters. The van der Waals surface area contributed by atoms with Crippen molar-refractivity contribution in [2.24, 2.45) is 0 Å². The average Bonchev–Trinajstić information content (AvgIpc) is 2.81. The summed E-state index contributed by atoms with van der Waals surface area (Å²) in [7, 11) is 0. The van der Waals surface area contributed by atoms with Gasteiger partial charge in [0, 0.05) is 50.2 Å². The molecule has 6 heteroatoms. The molecule has 0 bridgehead atoms. The molecule has 0 fully saturated rings. The highest BCUT2D eigenvalue weighted by Crippen LogP contribution is 2.27. The molecule has 0 amide bonds. The second-order valence-electron chi connectivity index (χ2n) is 6.16. The Morgan fingerprint density at radius 2 is 2.04 bits per heavy atom. The zero-order valence-corrected chi connectivity index (χ0v) is 13.7. The van der Waals surface area contributed by atoms with Crippen molar-refractivity contribution < 1.29 is 4.74 Å². The number of ether oxygens (including phenoxy) is 1. The van der Waals surface area contributed by atoms with Gasteiger partial charge in [0.1, 0.15) is 11.6 Å². The van der Waals surface area contributed by atoms with Crippen molar-refractivity contribution in [1.29, 1.82) is 0 Å². The summed E-state index contributed by atoms with van der Waals surface area (Å²) in [5.41, 5.74) is 3.45. The summed E-state index contributed by atoms with van der Waals surface area (Å²) >= 11 is 0. The van der Waals surface area contributed by atoms with Crippen LogP contribution in [0.4, 0.5) is 0 Å². The second-order valence-corrected chi connectivity index (χ2v) is 6.16. The zero-order chi connectivity index (χ0) is 16.6. The Kier molecular flexibility index (Phi) is 3.26. The Morgan fingerprint density at radius 3 is 2.84 bits per heavy atom. The number of hydrogen-bond acceptors (Lipinski definition) is 5. The maximum atomic E-state index is 5.77. The van der Waals surface area contributed by atoms with Crippen LogP contribution in [0.2, 0.25) is 0 Å². The third-order valence-corrected chi connectivity index (χ3v) is 4.66. The summed E-state index contributed by atoms with van der Waals surface area (Å²) in [4.78, 5) is 15.4. The lowest BCUT2D eigenvalue weighted by atomic mass is 10.2. The van der Waals surface area contributed by atoms with Gasteiger partial charge < -0.3 is 14.2 Å². The molecule has 0 saturated carbocycles. The lowest BCUT2D eigenvalue weighted by Gasteiger charge is -2.25. The molecule has 0 N–H and O–H groups in total. The van der Waals surface area contributed by atoms with Crippen molar-refractivity contribution in [3.8, 4) is 11.6 Å². The molecule has 0 saturated heterocycles. The number of aromatic nitrogens is 4. The van der Waals surface area contributed by atoms with Crippen molar-refractivity contribution in [2.75, 3.05) is 13.1 Å². The number of rotatable bonds is 3. The van der Waals surface area contributed by atoms with E-state index in [1.807, 2.05) is 12.1 Å². The van der Waals surface area contributed by atoms with Gasteiger partial charge in [-0.15, -0.1) is 0 Å². The Morgan fingerprint density at radius 1 is 1.08 bits per heavy atom. The Balaban J connectivity index is 1.42. The van der Waals surface area contributed by atoms with E-state index in [9.17, 15) is 0 Å². The number of benzene rings is 1. The molecule has 2 aromatic heterocycles.